The standard InChI is InChI=1S/C14H21N3O3/c1-4-7-17(9-13(18)16-2)12-6-5-10(15)8-11(12)14(19)20-3/h5-6,8H,4,7,9,15H2,1-3H3,(H,16,18). The first kappa shape index (κ1) is 15.8. The lowest BCUT2D eigenvalue weighted by atomic mass is 10.1. The fourth-order valence-electron chi connectivity index (χ4n) is 1.91. The summed E-state index contributed by atoms with van der Waals surface area (Å²) in [5.74, 6) is -0.587. The minimum Gasteiger partial charge on any atom is -0.465 e. The van der Waals surface area contributed by atoms with Crippen molar-refractivity contribution in [2.24, 2.45) is 0 Å². The van der Waals surface area contributed by atoms with Gasteiger partial charge in [0.1, 0.15) is 0 Å². The molecule has 0 spiro atoms. The Hall–Kier alpha value is -2.24. The molecule has 0 aliphatic carbocycles. The maximum Gasteiger partial charge on any atom is 0.340 e. The normalized spacial score (nSPS) is 9.95. The highest BCUT2D eigenvalue weighted by molar-refractivity contribution is 5.97. The zero-order valence-corrected chi connectivity index (χ0v) is 12.1. The summed E-state index contributed by atoms with van der Waals surface area (Å²) in [4.78, 5) is 25.3. The Balaban J connectivity index is 3.17. The Morgan fingerprint density at radius 1 is 1.40 bits per heavy atom. The van der Waals surface area contributed by atoms with Gasteiger partial charge in [-0.05, 0) is 24.6 Å². The van der Waals surface area contributed by atoms with E-state index in [0.29, 0.717) is 23.5 Å². The molecule has 1 amide bonds. The number of ether oxygens (including phenoxy) is 1. The third-order valence-corrected chi connectivity index (χ3v) is 2.87. The van der Waals surface area contributed by atoms with Crippen molar-refractivity contribution >= 4 is 23.3 Å². The average molecular weight is 279 g/mol. The number of esters is 1. The van der Waals surface area contributed by atoms with Crippen molar-refractivity contribution in [3.05, 3.63) is 23.8 Å². The van der Waals surface area contributed by atoms with E-state index >= 15 is 0 Å². The van der Waals surface area contributed by atoms with E-state index < -0.39 is 5.97 Å². The van der Waals surface area contributed by atoms with Crippen LogP contribution in [0.1, 0.15) is 23.7 Å². The molecule has 1 aromatic carbocycles. The molecule has 0 bridgehead atoms. The molecule has 0 saturated carbocycles. The van der Waals surface area contributed by atoms with Gasteiger partial charge in [-0.25, -0.2) is 4.79 Å². The van der Waals surface area contributed by atoms with Crippen molar-refractivity contribution in [3.8, 4) is 0 Å². The fourth-order valence-corrected chi connectivity index (χ4v) is 1.91. The van der Waals surface area contributed by atoms with Crippen molar-refractivity contribution < 1.29 is 14.3 Å². The number of benzene rings is 1. The molecule has 0 aliphatic rings. The van der Waals surface area contributed by atoms with Gasteiger partial charge in [0.05, 0.1) is 24.9 Å². The summed E-state index contributed by atoms with van der Waals surface area (Å²) in [5.41, 5.74) is 7.21. The maximum absolute atomic E-state index is 11.8. The molecular weight excluding hydrogens is 258 g/mol. The van der Waals surface area contributed by atoms with Crippen LogP contribution in [0.15, 0.2) is 18.2 Å². The van der Waals surface area contributed by atoms with Crippen LogP contribution in [-0.2, 0) is 9.53 Å². The van der Waals surface area contributed by atoms with Gasteiger partial charge in [0.15, 0.2) is 0 Å². The molecule has 6 nitrogen and oxygen atoms in total. The molecule has 1 aromatic rings. The average Bonchev–Trinajstić information content (AvgIpc) is 2.45. The minimum atomic E-state index is -0.467. The molecule has 110 valence electrons. The monoisotopic (exact) mass is 279 g/mol. The first-order chi connectivity index (χ1) is 9.53. The Morgan fingerprint density at radius 2 is 2.10 bits per heavy atom. The van der Waals surface area contributed by atoms with Crippen LogP contribution in [0, 0.1) is 0 Å². The topological polar surface area (TPSA) is 84.7 Å². The summed E-state index contributed by atoms with van der Waals surface area (Å²) in [6, 6.07) is 5.00. The highest BCUT2D eigenvalue weighted by Gasteiger charge is 2.18. The third-order valence-electron chi connectivity index (χ3n) is 2.87. The summed E-state index contributed by atoms with van der Waals surface area (Å²) in [5, 5.41) is 2.58. The minimum absolute atomic E-state index is 0.119. The summed E-state index contributed by atoms with van der Waals surface area (Å²) >= 11 is 0. The molecule has 0 unspecified atom stereocenters. The van der Waals surface area contributed by atoms with Crippen molar-refractivity contribution in [1.82, 2.24) is 5.32 Å². The highest BCUT2D eigenvalue weighted by atomic mass is 16.5. The zero-order valence-electron chi connectivity index (χ0n) is 12.1. The van der Waals surface area contributed by atoms with Crippen LogP contribution < -0.4 is 16.0 Å². The molecule has 1 rings (SSSR count). The van der Waals surface area contributed by atoms with E-state index in [1.54, 1.807) is 25.2 Å². The smallest absolute Gasteiger partial charge is 0.340 e. The molecule has 0 atom stereocenters. The van der Waals surface area contributed by atoms with E-state index in [1.165, 1.54) is 7.11 Å². The van der Waals surface area contributed by atoms with Crippen molar-refractivity contribution in [2.45, 2.75) is 13.3 Å². The SMILES string of the molecule is CCCN(CC(=O)NC)c1ccc(N)cc1C(=O)OC. The van der Waals surface area contributed by atoms with Gasteiger partial charge in [-0.3, -0.25) is 4.79 Å². The highest BCUT2D eigenvalue weighted by Crippen LogP contribution is 2.24. The van der Waals surface area contributed by atoms with E-state index in [2.05, 4.69) is 5.32 Å². The molecule has 0 aliphatic heterocycles. The Bertz CT molecular complexity index is 489. The van der Waals surface area contributed by atoms with Crippen LogP contribution in [0.25, 0.3) is 0 Å². The van der Waals surface area contributed by atoms with Crippen molar-refractivity contribution in [3.63, 3.8) is 0 Å². The molecule has 0 heterocycles. The van der Waals surface area contributed by atoms with Gasteiger partial charge in [0, 0.05) is 19.3 Å². The first-order valence-corrected chi connectivity index (χ1v) is 6.46. The van der Waals surface area contributed by atoms with Crippen LogP contribution in [0.3, 0.4) is 0 Å². The second kappa shape index (κ2) is 7.37. The summed E-state index contributed by atoms with van der Waals surface area (Å²) in [7, 11) is 2.90. The second-order valence-electron chi connectivity index (χ2n) is 4.36. The molecular formula is C14H21N3O3. The molecule has 6 heteroatoms. The predicted molar refractivity (Wildman–Crippen MR) is 78.8 cm³/mol. The van der Waals surface area contributed by atoms with Crippen LogP contribution in [-0.4, -0.2) is 39.1 Å². The summed E-state index contributed by atoms with van der Waals surface area (Å²) < 4.78 is 4.77. The number of hydrogen-bond donors (Lipinski definition) is 2. The second-order valence-corrected chi connectivity index (χ2v) is 4.36. The molecule has 20 heavy (non-hydrogen) atoms. The lowest BCUT2D eigenvalue weighted by Gasteiger charge is -2.25. The van der Waals surface area contributed by atoms with Crippen LogP contribution in [0.4, 0.5) is 11.4 Å². The Morgan fingerprint density at radius 3 is 2.65 bits per heavy atom. The first-order valence-electron chi connectivity index (χ1n) is 6.46. The number of nitrogens with zero attached hydrogens (tertiary/aromatic N) is 1. The molecule has 3 N–H and O–H groups in total. The number of rotatable bonds is 6. The summed E-state index contributed by atoms with van der Waals surface area (Å²) in [6.45, 7) is 2.84. The predicted octanol–water partition coefficient (Wildman–Crippen LogP) is 1.02. The number of carbonyl (C=O) groups excluding carboxylic acids is 2. The van der Waals surface area contributed by atoms with Crippen LogP contribution in [0.5, 0.6) is 0 Å². The number of amides is 1. The number of carbonyl (C=O) groups is 2. The number of hydrogen-bond acceptors (Lipinski definition) is 5. The summed E-state index contributed by atoms with van der Waals surface area (Å²) in [6.07, 6.45) is 0.849. The third kappa shape index (κ3) is 3.88. The van der Waals surface area contributed by atoms with E-state index in [4.69, 9.17) is 10.5 Å². The lowest BCUT2D eigenvalue weighted by Crippen LogP contribution is -2.37. The number of methoxy groups -OCH3 is 1. The van der Waals surface area contributed by atoms with Gasteiger partial charge in [-0.15, -0.1) is 0 Å². The lowest BCUT2D eigenvalue weighted by molar-refractivity contribution is -0.119. The Labute approximate surface area is 118 Å². The molecule has 0 saturated heterocycles. The number of nitrogens with two attached hydrogens (primary N) is 1. The van der Waals surface area contributed by atoms with Gasteiger partial charge >= 0.3 is 5.97 Å². The van der Waals surface area contributed by atoms with Gasteiger partial charge in [-0.2, -0.15) is 0 Å². The maximum atomic E-state index is 11.8. The Kier molecular flexibility index (Phi) is 5.83. The number of nitrogens with one attached hydrogen (secondary N) is 1. The van der Waals surface area contributed by atoms with Crippen LogP contribution >= 0.6 is 0 Å². The molecule has 0 fully saturated rings. The van der Waals surface area contributed by atoms with Crippen molar-refractivity contribution in [1.29, 1.82) is 0 Å². The van der Waals surface area contributed by atoms with Gasteiger partial charge in [-0.1, -0.05) is 6.92 Å². The van der Waals surface area contributed by atoms with Crippen LogP contribution in [0.2, 0.25) is 0 Å². The van der Waals surface area contributed by atoms with Gasteiger partial charge in [0.25, 0.3) is 0 Å². The van der Waals surface area contributed by atoms with Gasteiger partial charge in [0.2, 0.25) is 5.91 Å². The number of nitrogen functional groups attached to an aromatic ring is 1. The van der Waals surface area contributed by atoms with E-state index in [9.17, 15) is 9.59 Å². The number of likely N-dealkylation sites (N-methyl/N-ethyl adjacent to an activating group) is 1. The zero-order chi connectivity index (χ0) is 15.1. The number of anilines is 2. The van der Waals surface area contributed by atoms with E-state index in [1.807, 2.05) is 11.8 Å². The molecule has 0 radical (unpaired) electrons. The van der Waals surface area contributed by atoms with Gasteiger partial charge < -0.3 is 20.7 Å². The largest absolute Gasteiger partial charge is 0.465 e. The van der Waals surface area contributed by atoms with E-state index in [-0.39, 0.29) is 12.5 Å². The quantitative estimate of drug-likeness (QED) is 0.600. The fraction of sp³-hybridized carbons (Fsp3) is 0.429. The van der Waals surface area contributed by atoms with E-state index in [0.717, 1.165) is 6.42 Å². The molecule has 0 aromatic heterocycles. The van der Waals surface area contributed by atoms with Crippen molar-refractivity contribution in [2.75, 3.05) is 37.9 Å².